The number of H-pyrrole nitrogens is 1. The molecule has 39 heavy (non-hydrogen) atoms. The summed E-state index contributed by atoms with van der Waals surface area (Å²) in [6.07, 6.45) is 4.46. The van der Waals surface area contributed by atoms with Crippen molar-refractivity contribution >= 4 is 22.5 Å². The molecule has 0 spiro atoms. The zero-order chi connectivity index (χ0) is 26.6. The van der Waals surface area contributed by atoms with Crippen LogP contribution in [0.5, 0.6) is 5.75 Å². The lowest BCUT2D eigenvalue weighted by Gasteiger charge is -2.32. The normalized spacial score (nSPS) is 14.4. The third kappa shape index (κ3) is 5.59. The molecule has 0 unspecified atom stereocenters. The van der Waals surface area contributed by atoms with Crippen LogP contribution in [0.15, 0.2) is 103 Å². The lowest BCUT2D eigenvalue weighted by molar-refractivity contribution is 0.102. The number of benzene rings is 4. The third-order valence-corrected chi connectivity index (χ3v) is 7.82. The molecule has 5 nitrogen and oxygen atoms in total. The van der Waals surface area contributed by atoms with Crippen LogP contribution >= 0.6 is 0 Å². The van der Waals surface area contributed by atoms with Crippen LogP contribution in [0.2, 0.25) is 0 Å². The maximum atomic E-state index is 12.8. The largest absolute Gasteiger partial charge is 0.497 e. The number of hydrogen-bond donors (Lipinski definition) is 2. The first kappa shape index (κ1) is 25.0. The molecule has 1 saturated heterocycles. The SMILES string of the molecule is COc1ccc2[nH]cc(C3CCN(Cc4ccc(NC(=O)c5ccc(-c6ccccc6)cc5)cc4)CC3)c2c1. The number of aromatic amines is 1. The molecule has 5 aromatic rings. The van der Waals surface area contributed by atoms with E-state index in [9.17, 15) is 4.79 Å². The van der Waals surface area contributed by atoms with Crippen molar-refractivity contribution in [3.05, 3.63) is 120 Å². The first-order valence-corrected chi connectivity index (χ1v) is 13.6. The fraction of sp³-hybridized carbons (Fsp3) is 0.206. The number of ether oxygens (including phenoxy) is 1. The van der Waals surface area contributed by atoms with Gasteiger partial charge in [-0.2, -0.15) is 0 Å². The minimum absolute atomic E-state index is 0.0978. The predicted molar refractivity (Wildman–Crippen MR) is 158 cm³/mol. The molecule has 0 bridgehead atoms. The van der Waals surface area contributed by atoms with Crippen LogP contribution in [0.3, 0.4) is 0 Å². The van der Waals surface area contributed by atoms with Crippen molar-refractivity contribution in [2.24, 2.45) is 0 Å². The van der Waals surface area contributed by atoms with Gasteiger partial charge in [0.05, 0.1) is 7.11 Å². The monoisotopic (exact) mass is 515 g/mol. The smallest absolute Gasteiger partial charge is 0.255 e. The number of aromatic nitrogens is 1. The predicted octanol–water partition coefficient (Wildman–Crippen LogP) is 7.48. The van der Waals surface area contributed by atoms with Crippen molar-refractivity contribution in [3.8, 4) is 16.9 Å². The Balaban J connectivity index is 1.02. The van der Waals surface area contributed by atoms with E-state index in [0.29, 0.717) is 11.5 Å². The van der Waals surface area contributed by atoms with Crippen molar-refractivity contribution in [2.45, 2.75) is 25.3 Å². The second-order valence-electron chi connectivity index (χ2n) is 10.3. The number of rotatable bonds is 7. The third-order valence-electron chi connectivity index (χ3n) is 7.82. The van der Waals surface area contributed by atoms with Gasteiger partial charge in [-0.15, -0.1) is 0 Å². The van der Waals surface area contributed by atoms with E-state index in [0.717, 1.165) is 55.0 Å². The summed E-state index contributed by atoms with van der Waals surface area (Å²) < 4.78 is 5.44. The Labute approximate surface area is 229 Å². The molecule has 0 saturated carbocycles. The Kier molecular flexibility index (Phi) is 7.15. The number of carbonyl (C=O) groups is 1. The van der Waals surface area contributed by atoms with Gasteiger partial charge in [-0.1, -0.05) is 54.6 Å². The van der Waals surface area contributed by atoms with Gasteiger partial charge < -0.3 is 15.0 Å². The van der Waals surface area contributed by atoms with Gasteiger partial charge in [0.15, 0.2) is 0 Å². The van der Waals surface area contributed by atoms with E-state index in [-0.39, 0.29) is 5.91 Å². The molecular weight excluding hydrogens is 482 g/mol. The summed E-state index contributed by atoms with van der Waals surface area (Å²) in [5, 5.41) is 4.30. The Morgan fingerprint density at radius 2 is 1.62 bits per heavy atom. The summed E-state index contributed by atoms with van der Waals surface area (Å²) in [4.78, 5) is 18.7. The van der Waals surface area contributed by atoms with E-state index in [1.807, 2.05) is 60.7 Å². The van der Waals surface area contributed by atoms with Crippen molar-refractivity contribution < 1.29 is 9.53 Å². The topological polar surface area (TPSA) is 57.4 Å². The minimum atomic E-state index is -0.0978. The average molecular weight is 516 g/mol. The molecule has 196 valence electrons. The fourth-order valence-electron chi connectivity index (χ4n) is 5.59. The number of amides is 1. The second kappa shape index (κ2) is 11.2. The number of hydrogen-bond acceptors (Lipinski definition) is 3. The first-order chi connectivity index (χ1) is 19.2. The van der Waals surface area contributed by atoms with Crippen LogP contribution in [0.25, 0.3) is 22.0 Å². The van der Waals surface area contributed by atoms with Gasteiger partial charge in [-0.3, -0.25) is 9.69 Å². The number of likely N-dealkylation sites (tertiary alicyclic amines) is 1. The lowest BCUT2D eigenvalue weighted by atomic mass is 9.89. The number of anilines is 1. The number of methoxy groups -OCH3 is 1. The Morgan fingerprint density at radius 1 is 0.897 bits per heavy atom. The number of nitrogens with zero attached hydrogens (tertiary/aromatic N) is 1. The van der Waals surface area contributed by atoms with Gasteiger partial charge in [0, 0.05) is 34.9 Å². The molecule has 4 aromatic carbocycles. The Morgan fingerprint density at radius 3 is 2.33 bits per heavy atom. The summed E-state index contributed by atoms with van der Waals surface area (Å²) in [6, 6.07) is 32.4. The second-order valence-corrected chi connectivity index (χ2v) is 10.3. The highest BCUT2D eigenvalue weighted by Crippen LogP contribution is 2.35. The van der Waals surface area contributed by atoms with Gasteiger partial charge in [0.25, 0.3) is 5.91 Å². The molecule has 1 aromatic heterocycles. The molecule has 1 aliphatic heterocycles. The quantitative estimate of drug-likeness (QED) is 0.236. The zero-order valence-corrected chi connectivity index (χ0v) is 22.2. The maximum Gasteiger partial charge on any atom is 0.255 e. The highest BCUT2D eigenvalue weighted by atomic mass is 16.5. The van der Waals surface area contributed by atoms with E-state index in [4.69, 9.17) is 4.74 Å². The molecule has 1 amide bonds. The first-order valence-electron chi connectivity index (χ1n) is 13.6. The highest BCUT2D eigenvalue weighted by molar-refractivity contribution is 6.04. The lowest BCUT2D eigenvalue weighted by Crippen LogP contribution is -2.32. The molecule has 2 N–H and O–H groups in total. The molecule has 6 rings (SSSR count). The maximum absolute atomic E-state index is 12.8. The molecule has 1 aliphatic rings. The van der Waals surface area contributed by atoms with Gasteiger partial charge in [-0.25, -0.2) is 0 Å². The number of nitrogens with one attached hydrogen (secondary N) is 2. The van der Waals surface area contributed by atoms with Crippen molar-refractivity contribution in [3.63, 3.8) is 0 Å². The van der Waals surface area contributed by atoms with Crippen LogP contribution in [-0.2, 0) is 6.54 Å². The summed E-state index contributed by atoms with van der Waals surface area (Å²) >= 11 is 0. The van der Waals surface area contributed by atoms with E-state index >= 15 is 0 Å². The standard InChI is InChI=1S/C34H33N3O2/c1-39-30-15-16-33-31(21-30)32(22-35-33)27-17-19-37(20-18-27)23-24-7-13-29(14-8-24)36-34(38)28-11-9-26(10-12-28)25-5-3-2-4-6-25/h2-16,21-22,27,35H,17-20,23H2,1H3,(H,36,38). The highest BCUT2D eigenvalue weighted by Gasteiger charge is 2.23. The molecule has 2 heterocycles. The van der Waals surface area contributed by atoms with Crippen LogP contribution < -0.4 is 10.1 Å². The molecule has 0 radical (unpaired) electrons. The van der Waals surface area contributed by atoms with E-state index < -0.39 is 0 Å². The summed E-state index contributed by atoms with van der Waals surface area (Å²) in [5.41, 5.74) is 7.53. The van der Waals surface area contributed by atoms with E-state index in [2.05, 4.69) is 57.8 Å². The van der Waals surface area contributed by atoms with E-state index in [1.54, 1.807) is 7.11 Å². The molecule has 5 heteroatoms. The minimum Gasteiger partial charge on any atom is -0.497 e. The van der Waals surface area contributed by atoms with Crippen LogP contribution in [0.1, 0.15) is 40.2 Å². The average Bonchev–Trinajstić information content (AvgIpc) is 3.42. The Hall–Kier alpha value is -4.35. The summed E-state index contributed by atoms with van der Waals surface area (Å²) in [6.45, 7) is 3.06. The molecular formula is C34H33N3O2. The van der Waals surface area contributed by atoms with Crippen molar-refractivity contribution in [1.82, 2.24) is 9.88 Å². The molecule has 1 fully saturated rings. The molecule has 0 atom stereocenters. The number of carbonyl (C=O) groups excluding carboxylic acids is 1. The summed E-state index contributed by atoms with van der Waals surface area (Å²) in [5.74, 6) is 1.36. The fourth-order valence-corrected chi connectivity index (χ4v) is 5.59. The van der Waals surface area contributed by atoms with Gasteiger partial charge >= 0.3 is 0 Å². The zero-order valence-electron chi connectivity index (χ0n) is 22.2. The molecule has 0 aliphatic carbocycles. The van der Waals surface area contributed by atoms with Gasteiger partial charge in [-0.05, 0) is 96.6 Å². The van der Waals surface area contributed by atoms with Crippen LogP contribution in [0, 0.1) is 0 Å². The number of fused-ring (bicyclic) bond motifs is 1. The Bertz CT molecular complexity index is 1550. The number of piperidine rings is 1. The van der Waals surface area contributed by atoms with Crippen molar-refractivity contribution in [1.29, 1.82) is 0 Å². The van der Waals surface area contributed by atoms with Crippen LogP contribution in [-0.4, -0.2) is 36.0 Å². The summed E-state index contributed by atoms with van der Waals surface area (Å²) in [7, 11) is 1.72. The van der Waals surface area contributed by atoms with Gasteiger partial charge in [0.2, 0.25) is 0 Å². The van der Waals surface area contributed by atoms with Gasteiger partial charge in [0.1, 0.15) is 5.75 Å². The van der Waals surface area contributed by atoms with Crippen molar-refractivity contribution in [2.75, 3.05) is 25.5 Å². The van der Waals surface area contributed by atoms with E-state index in [1.165, 1.54) is 22.0 Å². The van der Waals surface area contributed by atoms with Crippen LogP contribution in [0.4, 0.5) is 5.69 Å².